The van der Waals surface area contributed by atoms with Gasteiger partial charge in [-0.05, 0) is 56.0 Å². The molecule has 0 saturated carbocycles. The molecule has 3 fully saturated rings. The second kappa shape index (κ2) is 6.37. The van der Waals surface area contributed by atoms with Crippen LogP contribution in [0.15, 0.2) is 24.3 Å². The zero-order valence-electron chi connectivity index (χ0n) is 12.6. The Morgan fingerprint density at radius 1 is 1.19 bits per heavy atom. The van der Waals surface area contributed by atoms with Crippen LogP contribution in [-0.4, -0.2) is 47.9 Å². The van der Waals surface area contributed by atoms with E-state index in [0.717, 1.165) is 31.7 Å². The van der Waals surface area contributed by atoms with E-state index in [4.69, 9.17) is 11.6 Å². The lowest BCUT2D eigenvalue weighted by Gasteiger charge is -2.35. The number of hydrogen-bond donors (Lipinski definition) is 0. The van der Waals surface area contributed by atoms with Crippen LogP contribution in [0.5, 0.6) is 0 Å². The summed E-state index contributed by atoms with van der Waals surface area (Å²) in [5.74, 6) is 0.786. The molecule has 3 nitrogen and oxygen atoms in total. The summed E-state index contributed by atoms with van der Waals surface area (Å²) in [5.41, 5.74) is 0.753. The van der Waals surface area contributed by atoms with Crippen molar-refractivity contribution in [1.29, 1.82) is 0 Å². The highest BCUT2D eigenvalue weighted by atomic mass is 35.5. The van der Waals surface area contributed by atoms with E-state index in [1.165, 1.54) is 19.3 Å². The van der Waals surface area contributed by atoms with Crippen molar-refractivity contribution >= 4 is 17.5 Å². The summed E-state index contributed by atoms with van der Waals surface area (Å²) in [6.07, 6.45) is 3.68. The maximum absolute atomic E-state index is 12.7. The van der Waals surface area contributed by atoms with Crippen LogP contribution in [0.1, 0.15) is 36.5 Å². The van der Waals surface area contributed by atoms with Crippen LogP contribution < -0.4 is 0 Å². The zero-order valence-corrected chi connectivity index (χ0v) is 13.4. The Labute approximate surface area is 131 Å². The van der Waals surface area contributed by atoms with Gasteiger partial charge in [0.05, 0.1) is 0 Å². The van der Waals surface area contributed by atoms with Gasteiger partial charge in [-0.25, -0.2) is 0 Å². The van der Waals surface area contributed by atoms with Crippen molar-refractivity contribution in [1.82, 2.24) is 9.80 Å². The molecule has 1 aromatic carbocycles. The van der Waals surface area contributed by atoms with Crippen LogP contribution in [0.25, 0.3) is 0 Å². The second-order valence-electron chi connectivity index (χ2n) is 6.31. The highest BCUT2D eigenvalue weighted by Gasteiger charge is 2.36. The Kier molecular flexibility index (Phi) is 4.51. The first-order valence-corrected chi connectivity index (χ1v) is 8.34. The number of fused-ring (bicyclic) bond motifs is 4. The molecule has 0 N–H and O–H groups in total. The van der Waals surface area contributed by atoms with Gasteiger partial charge in [0.15, 0.2) is 0 Å². The first-order chi connectivity index (χ1) is 10.2. The van der Waals surface area contributed by atoms with E-state index in [1.54, 1.807) is 12.1 Å². The average Bonchev–Trinajstić information content (AvgIpc) is 2.79. The summed E-state index contributed by atoms with van der Waals surface area (Å²) in [6.45, 7) is 6.32. The Morgan fingerprint density at radius 2 is 1.95 bits per heavy atom. The Hall–Kier alpha value is -1.06. The van der Waals surface area contributed by atoms with Gasteiger partial charge < -0.3 is 4.90 Å². The number of piperidine rings is 1. The number of hydrogen-bond acceptors (Lipinski definition) is 2. The lowest BCUT2D eigenvalue weighted by Crippen LogP contribution is -2.44. The number of carbonyl (C=O) groups excluding carboxylic acids is 1. The van der Waals surface area contributed by atoms with Crippen LogP contribution in [0.4, 0.5) is 0 Å². The van der Waals surface area contributed by atoms with Crippen LogP contribution >= 0.6 is 11.6 Å². The number of rotatable bonds is 3. The first-order valence-electron chi connectivity index (χ1n) is 7.96. The molecule has 0 spiro atoms. The van der Waals surface area contributed by atoms with Gasteiger partial charge in [-0.2, -0.15) is 0 Å². The van der Waals surface area contributed by atoms with Gasteiger partial charge >= 0.3 is 0 Å². The maximum atomic E-state index is 12.7. The number of benzene rings is 1. The molecular weight excluding hydrogens is 284 g/mol. The van der Waals surface area contributed by atoms with Crippen molar-refractivity contribution < 1.29 is 4.79 Å². The summed E-state index contributed by atoms with van der Waals surface area (Å²) in [7, 11) is 0. The third-order valence-corrected chi connectivity index (χ3v) is 4.97. The molecule has 0 radical (unpaired) electrons. The number of amides is 1. The molecule has 4 heteroatoms. The summed E-state index contributed by atoms with van der Waals surface area (Å²) in [5, 5.41) is 0.677. The quantitative estimate of drug-likeness (QED) is 0.855. The predicted molar refractivity (Wildman–Crippen MR) is 85.7 cm³/mol. The van der Waals surface area contributed by atoms with Gasteiger partial charge in [0.1, 0.15) is 0 Å². The monoisotopic (exact) mass is 306 g/mol. The molecule has 0 unspecified atom stereocenters. The predicted octanol–water partition coefficient (Wildman–Crippen LogP) is 3.29. The van der Waals surface area contributed by atoms with E-state index in [-0.39, 0.29) is 5.91 Å². The minimum Gasteiger partial charge on any atom is -0.337 e. The van der Waals surface area contributed by atoms with E-state index < -0.39 is 0 Å². The molecular formula is C17H23ClN2O. The number of nitrogens with zero attached hydrogens (tertiary/aromatic N) is 2. The van der Waals surface area contributed by atoms with E-state index in [9.17, 15) is 4.79 Å². The molecule has 3 aliphatic heterocycles. The average molecular weight is 307 g/mol. The van der Waals surface area contributed by atoms with Gasteiger partial charge in [0, 0.05) is 36.3 Å². The molecule has 0 aromatic heterocycles. The molecule has 114 valence electrons. The summed E-state index contributed by atoms with van der Waals surface area (Å²) >= 11 is 5.91. The fourth-order valence-electron chi connectivity index (χ4n) is 3.68. The van der Waals surface area contributed by atoms with Gasteiger partial charge in [-0.15, -0.1) is 0 Å². The van der Waals surface area contributed by atoms with Crippen molar-refractivity contribution in [3.8, 4) is 0 Å². The zero-order chi connectivity index (χ0) is 14.8. The third kappa shape index (κ3) is 3.24. The van der Waals surface area contributed by atoms with E-state index in [2.05, 4.69) is 16.7 Å². The third-order valence-electron chi connectivity index (χ3n) is 4.72. The summed E-state index contributed by atoms with van der Waals surface area (Å²) in [6, 6.07) is 7.80. The van der Waals surface area contributed by atoms with Crippen molar-refractivity contribution in [3.05, 3.63) is 34.9 Å². The van der Waals surface area contributed by atoms with Crippen LogP contribution in [0.3, 0.4) is 0 Å². The van der Waals surface area contributed by atoms with Crippen molar-refractivity contribution in [2.75, 3.05) is 26.2 Å². The SMILES string of the molecule is CCCN1C[C@@H]2CC[C@H]1CN(C(=O)c1ccc(Cl)cc1)C2. The molecule has 2 bridgehead atoms. The maximum Gasteiger partial charge on any atom is 0.253 e. The fourth-order valence-corrected chi connectivity index (χ4v) is 3.81. The normalized spacial score (nSPS) is 25.9. The van der Waals surface area contributed by atoms with Gasteiger partial charge in [0.2, 0.25) is 0 Å². The van der Waals surface area contributed by atoms with E-state index in [0.29, 0.717) is 17.0 Å². The Balaban J connectivity index is 1.74. The van der Waals surface area contributed by atoms with Crippen LogP contribution in [0.2, 0.25) is 5.02 Å². The standard InChI is InChI=1S/C17H23ClN2O/c1-2-9-19-10-13-3-8-16(19)12-20(11-13)17(21)14-4-6-15(18)7-5-14/h4-7,13,16H,2-3,8-12H2,1H3/t13-,16-/m0/s1. The minimum atomic E-state index is 0.155. The van der Waals surface area contributed by atoms with E-state index in [1.807, 2.05) is 12.1 Å². The molecule has 1 amide bonds. The molecule has 0 aliphatic carbocycles. The molecule has 21 heavy (non-hydrogen) atoms. The van der Waals surface area contributed by atoms with Crippen LogP contribution in [-0.2, 0) is 0 Å². The largest absolute Gasteiger partial charge is 0.337 e. The topological polar surface area (TPSA) is 23.6 Å². The van der Waals surface area contributed by atoms with Crippen molar-refractivity contribution in [2.24, 2.45) is 5.92 Å². The smallest absolute Gasteiger partial charge is 0.253 e. The van der Waals surface area contributed by atoms with Crippen molar-refractivity contribution in [3.63, 3.8) is 0 Å². The lowest BCUT2D eigenvalue weighted by molar-refractivity contribution is 0.0738. The van der Waals surface area contributed by atoms with Gasteiger partial charge in [-0.1, -0.05) is 18.5 Å². The molecule has 2 atom stereocenters. The summed E-state index contributed by atoms with van der Waals surface area (Å²) < 4.78 is 0. The van der Waals surface area contributed by atoms with Crippen molar-refractivity contribution in [2.45, 2.75) is 32.2 Å². The molecule has 4 rings (SSSR count). The number of carbonyl (C=O) groups is 1. The molecule has 3 aliphatic rings. The molecule has 3 heterocycles. The minimum absolute atomic E-state index is 0.155. The van der Waals surface area contributed by atoms with Crippen LogP contribution in [0, 0.1) is 5.92 Å². The fraction of sp³-hybridized carbons (Fsp3) is 0.588. The highest BCUT2D eigenvalue weighted by molar-refractivity contribution is 6.30. The number of halogens is 1. The Bertz CT molecular complexity index is 502. The first kappa shape index (κ1) is 14.9. The van der Waals surface area contributed by atoms with Gasteiger partial charge in [-0.3, -0.25) is 9.69 Å². The summed E-state index contributed by atoms with van der Waals surface area (Å²) in [4.78, 5) is 17.4. The molecule has 1 aromatic rings. The highest BCUT2D eigenvalue weighted by Crippen LogP contribution is 2.29. The Morgan fingerprint density at radius 3 is 2.67 bits per heavy atom. The lowest BCUT2D eigenvalue weighted by atomic mass is 9.95. The molecule has 3 saturated heterocycles. The second-order valence-corrected chi connectivity index (χ2v) is 6.75. The van der Waals surface area contributed by atoms with E-state index >= 15 is 0 Å². The van der Waals surface area contributed by atoms with Gasteiger partial charge in [0.25, 0.3) is 5.91 Å².